The van der Waals surface area contributed by atoms with E-state index < -0.39 is 6.04 Å². The van der Waals surface area contributed by atoms with Crippen molar-refractivity contribution in [2.24, 2.45) is 0 Å². The summed E-state index contributed by atoms with van der Waals surface area (Å²) in [4.78, 5) is 23.6. The Balaban J connectivity index is 1.75. The third-order valence-electron chi connectivity index (χ3n) is 7.66. The van der Waals surface area contributed by atoms with Crippen molar-refractivity contribution in [1.82, 2.24) is 35.1 Å². The van der Waals surface area contributed by atoms with Crippen LogP contribution in [0.3, 0.4) is 0 Å². The van der Waals surface area contributed by atoms with Gasteiger partial charge in [0, 0.05) is 36.6 Å². The lowest BCUT2D eigenvalue weighted by atomic mass is 9.97. The van der Waals surface area contributed by atoms with Crippen LogP contribution in [-0.4, -0.2) is 35.1 Å². The molecule has 39 heavy (non-hydrogen) atoms. The first-order chi connectivity index (χ1) is 18.8. The Hall–Kier alpha value is -4.17. The number of aromatic nitrogens is 6. The predicted molar refractivity (Wildman–Crippen MR) is 153 cm³/mol. The van der Waals surface area contributed by atoms with E-state index in [9.17, 15) is 4.79 Å². The standard InChI is InChI=1S/C31H35N7O/c1-6-31(4,5)38-29(34-35-36-38)28(26-17-25-15-21(2)22(3)16-27(25)33-30(26)39)37(19-23-11-8-7-9-12-23)20-24-13-10-14-32-18-24/h7-18,28H,6,19-20H2,1-5H3,(H,33,39)/t28-/m1/s1. The average molecular weight is 522 g/mol. The summed E-state index contributed by atoms with van der Waals surface area (Å²) >= 11 is 0. The zero-order valence-electron chi connectivity index (χ0n) is 23.2. The molecule has 0 radical (unpaired) electrons. The second kappa shape index (κ2) is 10.9. The summed E-state index contributed by atoms with van der Waals surface area (Å²) < 4.78 is 1.88. The van der Waals surface area contributed by atoms with Gasteiger partial charge < -0.3 is 4.98 Å². The summed E-state index contributed by atoms with van der Waals surface area (Å²) in [6.07, 6.45) is 4.46. The van der Waals surface area contributed by atoms with E-state index in [1.807, 2.05) is 47.3 Å². The molecule has 0 aliphatic carbocycles. The fraction of sp³-hybridized carbons (Fsp3) is 0.323. The largest absolute Gasteiger partial charge is 0.322 e. The van der Waals surface area contributed by atoms with Gasteiger partial charge in [0.15, 0.2) is 5.82 Å². The predicted octanol–water partition coefficient (Wildman–Crippen LogP) is 5.46. The zero-order valence-corrected chi connectivity index (χ0v) is 23.2. The second-order valence-corrected chi connectivity index (χ2v) is 10.8. The first-order valence-corrected chi connectivity index (χ1v) is 13.4. The van der Waals surface area contributed by atoms with Gasteiger partial charge in [-0.05, 0) is 96.4 Å². The van der Waals surface area contributed by atoms with Crippen molar-refractivity contribution in [2.75, 3.05) is 0 Å². The van der Waals surface area contributed by atoms with Crippen LogP contribution >= 0.6 is 0 Å². The van der Waals surface area contributed by atoms with E-state index in [0.717, 1.165) is 34.0 Å². The number of pyridine rings is 2. The van der Waals surface area contributed by atoms with Crippen molar-refractivity contribution in [3.8, 4) is 0 Å². The van der Waals surface area contributed by atoms with E-state index in [1.54, 1.807) is 6.20 Å². The molecule has 8 heteroatoms. The van der Waals surface area contributed by atoms with Crippen LogP contribution in [0.15, 0.2) is 77.9 Å². The van der Waals surface area contributed by atoms with E-state index in [2.05, 4.69) is 89.3 Å². The number of nitrogens with zero attached hydrogens (tertiary/aromatic N) is 6. The van der Waals surface area contributed by atoms with Gasteiger partial charge in [-0.25, -0.2) is 4.68 Å². The minimum Gasteiger partial charge on any atom is -0.322 e. The van der Waals surface area contributed by atoms with Gasteiger partial charge >= 0.3 is 0 Å². The molecule has 0 aliphatic heterocycles. The van der Waals surface area contributed by atoms with Crippen LogP contribution in [-0.2, 0) is 18.6 Å². The fourth-order valence-electron chi connectivity index (χ4n) is 4.92. The van der Waals surface area contributed by atoms with Crippen LogP contribution in [0.1, 0.15) is 66.9 Å². The number of rotatable bonds is 9. The molecule has 0 unspecified atom stereocenters. The smallest absolute Gasteiger partial charge is 0.253 e. The van der Waals surface area contributed by atoms with Crippen LogP contribution in [0.4, 0.5) is 0 Å². The van der Waals surface area contributed by atoms with E-state index in [-0.39, 0.29) is 11.1 Å². The average Bonchev–Trinajstić information content (AvgIpc) is 3.42. The molecule has 0 amide bonds. The van der Waals surface area contributed by atoms with Crippen LogP contribution < -0.4 is 5.56 Å². The number of nitrogens with one attached hydrogen (secondary N) is 1. The fourth-order valence-corrected chi connectivity index (χ4v) is 4.92. The molecule has 8 nitrogen and oxygen atoms in total. The highest BCUT2D eigenvalue weighted by Gasteiger charge is 2.34. The third kappa shape index (κ3) is 5.52. The Morgan fingerprint density at radius 1 is 0.974 bits per heavy atom. The van der Waals surface area contributed by atoms with Crippen molar-refractivity contribution in [3.05, 3.63) is 117 Å². The molecule has 3 heterocycles. The highest BCUT2D eigenvalue weighted by atomic mass is 16.1. The number of hydrogen-bond acceptors (Lipinski definition) is 6. The Labute approximate surface area is 228 Å². The van der Waals surface area contributed by atoms with Crippen LogP contribution in [0, 0.1) is 13.8 Å². The zero-order chi connectivity index (χ0) is 27.6. The molecule has 0 aliphatic rings. The summed E-state index contributed by atoms with van der Waals surface area (Å²) in [5, 5.41) is 14.1. The number of hydrogen-bond donors (Lipinski definition) is 1. The lowest BCUT2D eigenvalue weighted by molar-refractivity contribution is 0.180. The Morgan fingerprint density at radius 3 is 2.41 bits per heavy atom. The molecule has 1 N–H and O–H groups in total. The summed E-state index contributed by atoms with van der Waals surface area (Å²) in [6, 6.07) is 19.9. The number of aromatic amines is 1. The van der Waals surface area contributed by atoms with Gasteiger partial charge in [-0.2, -0.15) is 0 Å². The molecule has 0 saturated heterocycles. The van der Waals surface area contributed by atoms with Gasteiger partial charge in [0.2, 0.25) is 0 Å². The topological polar surface area (TPSA) is 92.6 Å². The van der Waals surface area contributed by atoms with Gasteiger partial charge in [0.25, 0.3) is 5.56 Å². The SMILES string of the molecule is CCC(C)(C)n1nnnc1[C@@H](c1cc2cc(C)c(C)cc2[nH]c1=O)N(Cc1ccccc1)Cc1cccnc1. The van der Waals surface area contributed by atoms with Gasteiger partial charge in [-0.15, -0.1) is 5.10 Å². The number of fused-ring (bicyclic) bond motifs is 1. The quantitative estimate of drug-likeness (QED) is 0.277. The highest BCUT2D eigenvalue weighted by Crippen LogP contribution is 2.33. The van der Waals surface area contributed by atoms with E-state index in [4.69, 9.17) is 0 Å². The van der Waals surface area contributed by atoms with Crippen LogP contribution in [0.5, 0.6) is 0 Å². The highest BCUT2D eigenvalue weighted by molar-refractivity contribution is 5.81. The Bertz CT molecular complexity index is 1580. The summed E-state index contributed by atoms with van der Waals surface area (Å²) in [5.74, 6) is 0.635. The minimum absolute atomic E-state index is 0.149. The molecule has 5 aromatic rings. The second-order valence-electron chi connectivity index (χ2n) is 10.8. The van der Waals surface area contributed by atoms with Crippen LogP contribution in [0.2, 0.25) is 0 Å². The lowest BCUT2D eigenvalue weighted by Crippen LogP contribution is -2.38. The van der Waals surface area contributed by atoms with E-state index >= 15 is 0 Å². The molecule has 5 rings (SSSR count). The summed E-state index contributed by atoms with van der Waals surface area (Å²) in [6.45, 7) is 11.6. The first kappa shape index (κ1) is 26.4. The van der Waals surface area contributed by atoms with Crippen molar-refractivity contribution >= 4 is 10.9 Å². The number of H-pyrrole nitrogens is 1. The molecule has 0 bridgehead atoms. The van der Waals surface area contributed by atoms with Crippen LogP contribution in [0.25, 0.3) is 10.9 Å². The molecule has 2 aromatic carbocycles. The van der Waals surface area contributed by atoms with Crippen molar-refractivity contribution < 1.29 is 0 Å². The number of tetrazole rings is 1. The van der Waals surface area contributed by atoms with Crippen molar-refractivity contribution in [2.45, 2.75) is 65.7 Å². The van der Waals surface area contributed by atoms with Gasteiger partial charge in [0.1, 0.15) is 6.04 Å². The Morgan fingerprint density at radius 2 is 1.69 bits per heavy atom. The number of aryl methyl sites for hydroxylation is 2. The molecule has 3 aromatic heterocycles. The summed E-state index contributed by atoms with van der Waals surface area (Å²) in [7, 11) is 0. The van der Waals surface area contributed by atoms with E-state index in [1.165, 1.54) is 5.56 Å². The summed E-state index contributed by atoms with van der Waals surface area (Å²) in [5.41, 5.74) is 5.41. The molecular weight excluding hydrogens is 486 g/mol. The first-order valence-electron chi connectivity index (χ1n) is 13.4. The molecule has 0 saturated carbocycles. The maximum Gasteiger partial charge on any atom is 0.253 e. The lowest BCUT2D eigenvalue weighted by Gasteiger charge is -2.33. The van der Waals surface area contributed by atoms with Gasteiger partial charge in [-0.1, -0.05) is 43.3 Å². The van der Waals surface area contributed by atoms with Gasteiger partial charge in [0.05, 0.1) is 5.54 Å². The monoisotopic (exact) mass is 521 g/mol. The molecule has 0 fully saturated rings. The molecule has 0 spiro atoms. The Kier molecular flexibility index (Phi) is 7.39. The minimum atomic E-state index is -0.513. The van der Waals surface area contributed by atoms with Gasteiger partial charge in [-0.3, -0.25) is 14.7 Å². The number of benzene rings is 2. The normalized spacial score (nSPS) is 12.8. The van der Waals surface area contributed by atoms with Crippen molar-refractivity contribution in [3.63, 3.8) is 0 Å². The molecule has 1 atom stereocenters. The van der Waals surface area contributed by atoms with Crippen molar-refractivity contribution in [1.29, 1.82) is 0 Å². The molecular formula is C31H35N7O. The third-order valence-corrected chi connectivity index (χ3v) is 7.66. The molecule has 200 valence electrons. The maximum absolute atomic E-state index is 13.8. The van der Waals surface area contributed by atoms with E-state index in [0.29, 0.717) is 24.5 Å². The maximum atomic E-state index is 13.8.